The second kappa shape index (κ2) is 7.37. The number of hydrogen-bond acceptors (Lipinski definition) is 0. The summed E-state index contributed by atoms with van der Waals surface area (Å²) in [6.45, 7) is 4.59. The molecular weight excluding hydrogens is 230 g/mol. The normalized spacial score (nSPS) is 11.5. The van der Waals surface area contributed by atoms with E-state index in [9.17, 15) is 0 Å². The predicted molar refractivity (Wildman–Crippen MR) is 84.5 cm³/mol. The first-order valence-corrected chi connectivity index (χ1v) is 7.90. The largest absolute Gasteiger partial charge is 0.361 e. The Bertz CT molecular complexity index is 475. The minimum atomic E-state index is 0.860. The topological polar surface area (TPSA) is 15.8 Å². The molecule has 0 aliphatic rings. The summed E-state index contributed by atoms with van der Waals surface area (Å²) in [4.78, 5) is 3.41. The summed E-state index contributed by atoms with van der Waals surface area (Å²) < 4.78 is 0. The van der Waals surface area contributed by atoms with Crippen LogP contribution in [0.1, 0.15) is 57.9 Å². The SMILES string of the molecule is CCCCC(CCCC)Cc1c[nH]c2ccccc12. The van der Waals surface area contributed by atoms with Crippen LogP contribution in [0, 0.1) is 5.92 Å². The molecule has 0 saturated heterocycles. The standard InChI is InChI=1S/C18H27N/c1-3-5-9-15(10-6-4-2)13-16-14-19-18-12-8-7-11-17(16)18/h7-8,11-12,14-15,19H,3-6,9-10,13H2,1-2H3. The highest BCUT2D eigenvalue weighted by atomic mass is 14.7. The lowest BCUT2D eigenvalue weighted by atomic mass is 9.89. The number of para-hydroxylation sites is 1. The molecule has 0 spiro atoms. The number of unbranched alkanes of at least 4 members (excludes halogenated alkanes) is 2. The number of rotatable bonds is 8. The van der Waals surface area contributed by atoms with E-state index in [4.69, 9.17) is 0 Å². The maximum atomic E-state index is 3.41. The molecule has 104 valence electrons. The summed E-state index contributed by atoms with van der Waals surface area (Å²) in [7, 11) is 0. The molecule has 1 N–H and O–H groups in total. The van der Waals surface area contributed by atoms with Gasteiger partial charge in [0.1, 0.15) is 0 Å². The van der Waals surface area contributed by atoms with Crippen LogP contribution in [0.25, 0.3) is 10.9 Å². The maximum absolute atomic E-state index is 3.41. The average Bonchev–Trinajstić information content (AvgIpc) is 2.85. The Hall–Kier alpha value is -1.24. The van der Waals surface area contributed by atoms with Gasteiger partial charge in [-0.3, -0.25) is 0 Å². The van der Waals surface area contributed by atoms with Crippen LogP contribution in [0.4, 0.5) is 0 Å². The molecule has 2 rings (SSSR count). The van der Waals surface area contributed by atoms with Crippen LogP contribution in [-0.4, -0.2) is 4.98 Å². The van der Waals surface area contributed by atoms with Gasteiger partial charge in [0, 0.05) is 17.1 Å². The molecule has 1 heterocycles. The quantitative estimate of drug-likeness (QED) is 0.623. The van der Waals surface area contributed by atoms with Gasteiger partial charge in [-0.25, -0.2) is 0 Å². The summed E-state index contributed by atoms with van der Waals surface area (Å²) in [5.74, 6) is 0.860. The van der Waals surface area contributed by atoms with Gasteiger partial charge in [0.15, 0.2) is 0 Å². The van der Waals surface area contributed by atoms with Crippen LogP contribution in [0.2, 0.25) is 0 Å². The van der Waals surface area contributed by atoms with Crippen molar-refractivity contribution >= 4 is 10.9 Å². The van der Waals surface area contributed by atoms with Crippen LogP contribution >= 0.6 is 0 Å². The molecule has 1 nitrogen and oxygen atoms in total. The number of fused-ring (bicyclic) bond motifs is 1. The molecule has 1 heteroatoms. The van der Waals surface area contributed by atoms with E-state index in [0.29, 0.717) is 0 Å². The Morgan fingerprint density at radius 1 is 1.00 bits per heavy atom. The van der Waals surface area contributed by atoms with Crippen molar-refractivity contribution in [3.05, 3.63) is 36.0 Å². The van der Waals surface area contributed by atoms with Gasteiger partial charge >= 0.3 is 0 Å². The van der Waals surface area contributed by atoms with Gasteiger partial charge in [0.2, 0.25) is 0 Å². The van der Waals surface area contributed by atoms with E-state index in [2.05, 4.69) is 49.3 Å². The number of aromatic amines is 1. The Morgan fingerprint density at radius 3 is 2.37 bits per heavy atom. The van der Waals surface area contributed by atoms with E-state index >= 15 is 0 Å². The lowest BCUT2D eigenvalue weighted by molar-refractivity contribution is 0.418. The van der Waals surface area contributed by atoms with E-state index in [1.54, 1.807) is 0 Å². The van der Waals surface area contributed by atoms with Gasteiger partial charge in [0.25, 0.3) is 0 Å². The van der Waals surface area contributed by atoms with E-state index < -0.39 is 0 Å². The van der Waals surface area contributed by atoms with Gasteiger partial charge in [-0.2, -0.15) is 0 Å². The fourth-order valence-electron chi connectivity index (χ4n) is 2.95. The Morgan fingerprint density at radius 2 is 1.68 bits per heavy atom. The van der Waals surface area contributed by atoms with Gasteiger partial charge < -0.3 is 4.98 Å². The van der Waals surface area contributed by atoms with Crippen LogP contribution in [0.5, 0.6) is 0 Å². The van der Waals surface area contributed by atoms with Gasteiger partial charge in [-0.05, 0) is 24.0 Å². The molecule has 2 aromatic rings. The Labute approximate surface area is 117 Å². The van der Waals surface area contributed by atoms with Crippen molar-refractivity contribution < 1.29 is 0 Å². The first-order valence-electron chi connectivity index (χ1n) is 7.90. The monoisotopic (exact) mass is 257 g/mol. The number of hydrogen-bond donors (Lipinski definition) is 1. The molecule has 0 aliphatic carbocycles. The first kappa shape index (κ1) is 14.2. The van der Waals surface area contributed by atoms with Crippen molar-refractivity contribution in [1.29, 1.82) is 0 Å². The van der Waals surface area contributed by atoms with E-state index in [0.717, 1.165) is 5.92 Å². The molecule has 0 fully saturated rings. The van der Waals surface area contributed by atoms with Crippen molar-refractivity contribution in [2.45, 2.75) is 58.8 Å². The van der Waals surface area contributed by atoms with Crippen LogP contribution in [0.3, 0.4) is 0 Å². The van der Waals surface area contributed by atoms with Gasteiger partial charge in [0.05, 0.1) is 0 Å². The lowest BCUT2D eigenvalue weighted by Gasteiger charge is -2.15. The smallest absolute Gasteiger partial charge is 0.0456 e. The van der Waals surface area contributed by atoms with Gasteiger partial charge in [-0.15, -0.1) is 0 Å². The number of nitrogens with one attached hydrogen (secondary N) is 1. The van der Waals surface area contributed by atoms with Crippen LogP contribution in [-0.2, 0) is 6.42 Å². The zero-order chi connectivity index (χ0) is 13.5. The Balaban J connectivity index is 2.06. The molecular formula is C18H27N. The lowest BCUT2D eigenvalue weighted by Crippen LogP contribution is -2.04. The van der Waals surface area contributed by atoms with Crippen molar-refractivity contribution in [1.82, 2.24) is 4.98 Å². The van der Waals surface area contributed by atoms with E-state index in [1.807, 2.05) is 0 Å². The summed E-state index contributed by atoms with van der Waals surface area (Å²) in [5.41, 5.74) is 2.79. The van der Waals surface area contributed by atoms with Crippen molar-refractivity contribution in [2.75, 3.05) is 0 Å². The maximum Gasteiger partial charge on any atom is 0.0456 e. The fraction of sp³-hybridized carbons (Fsp3) is 0.556. The highest BCUT2D eigenvalue weighted by molar-refractivity contribution is 5.83. The average molecular weight is 257 g/mol. The minimum absolute atomic E-state index is 0.860. The number of aromatic nitrogens is 1. The molecule has 0 radical (unpaired) electrons. The highest BCUT2D eigenvalue weighted by Crippen LogP contribution is 2.25. The summed E-state index contributed by atoms with van der Waals surface area (Å²) in [5, 5.41) is 1.42. The highest BCUT2D eigenvalue weighted by Gasteiger charge is 2.11. The zero-order valence-corrected chi connectivity index (χ0v) is 12.4. The predicted octanol–water partition coefficient (Wildman–Crippen LogP) is 5.71. The number of H-pyrrole nitrogens is 1. The third-order valence-electron chi connectivity index (χ3n) is 4.12. The molecule has 1 aromatic heterocycles. The van der Waals surface area contributed by atoms with Crippen molar-refractivity contribution in [3.8, 4) is 0 Å². The molecule has 0 bridgehead atoms. The summed E-state index contributed by atoms with van der Waals surface area (Å²) >= 11 is 0. The fourth-order valence-corrected chi connectivity index (χ4v) is 2.95. The molecule has 1 aromatic carbocycles. The molecule has 0 aliphatic heterocycles. The van der Waals surface area contributed by atoms with Crippen LogP contribution in [0.15, 0.2) is 30.5 Å². The molecule has 19 heavy (non-hydrogen) atoms. The molecule has 0 amide bonds. The van der Waals surface area contributed by atoms with E-state index in [1.165, 1.54) is 61.4 Å². The third kappa shape index (κ3) is 3.86. The third-order valence-corrected chi connectivity index (χ3v) is 4.12. The molecule has 0 saturated carbocycles. The summed E-state index contributed by atoms with van der Waals surface area (Å²) in [6.07, 6.45) is 11.6. The zero-order valence-electron chi connectivity index (χ0n) is 12.4. The van der Waals surface area contributed by atoms with Crippen molar-refractivity contribution in [3.63, 3.8) is 0 Å². The van der Waals surface area contributed by atoms with Gasteiger partial charge in [-0.1, -0.05) is 70.6 Å². The van der Waals surface area contributed by atoms with Crippen molar-refractivity contribution in [2.24, 2.45) is 5.92 Å². The molecule has 0 atom stereocenters. The van der Waals surface area contributed by atoms with E-state index in [-0.39, 0.29) is 0 Å². The second-order valence-corrected chi connectivity index (χ2v) is 5.71. The van der Waals surface area contributed by atoms with Crippen LogP contribution < -0.4 is 0 Å². The second-order valence-electron chi connectivity index (χ2n) is 5.71. The summed E-state index contributed by atoms with van der Waals surface area (Å²) in [6, 6.07) is 8.67. The number of benzene rings is 1. The first-order chi connectivity index (χ1) is 9.35. The minimum Gasteiger partial charge on any atom is -0.361 e. The Kier molecular flexibility index (Phi) is 5.50. The molecule has 0 unspecified atom stereocenters.